The van der Waals surface area contributed by atoms with Gasteiger partial charge >= 0.3 is 0 Å². The Morgan fingerprint density at radius 1 is 1.44 bits per heavy atom. The Labute approximate surface area is 110 Å². The van der Waals surface area contributed by atoms with Gasteiger partial charge in [-0.15, -0.1) is 0 Å². The molecule has 1 fully saturated rings. The number of nitrogens with one attached hydrogen (secondary N) is 1. The highest BCUT2D eigenvalue weighted by molar-refractivity contribution is 5.16. The fourth-order valence-electron chi connectivity index (χ4n) is 2.87. The lowest BCUT2D eigenvalue weighted by Crippen LogP contribution is -2.34. The van der Waals surface area contributed by atoms with Crippen LogP contribution < -0.4 is 5.32 Å². The van der Waals surface area contributed by atoms with E-state index in [0.29, 0.717) is 0 Å². The number of hydrogen-bond donors (Lipinski definition) is 1. The summed E-state index contributed by atoms with van der Waals surface area (Å²) in [7, 11) is 4.24. The number of aryl methyl sites for hydroxylation is 2. The van der Waals surface area contributed by atoms with Crippen LogP contribution in [0.4, 0.5) is 0 Å². The Balaban J connectivity index is 1.87. The molecule has 0 aromatic carbocycles. The van der Waals surface area contributed by atoms with Crippen molar-refractivity contribution in [3.05, 3.63) is 17.5 Å². The van der Waals surface area contributed by atoms with Gasteiger partial charge in [-0.05, 0) is 45.3 Å². The lowest BCUT2D eigenvalue weighted by Gasteiger charge is -2.27. The van der Waals surface area contributed by atoms with Crippen LogP contribution in [0.5, 0.6) is 0 Å². The van der Waals surface area contributed by atoms with Crippen LogP contribution in [0.2, 0.25) is 0 Å². The van der Waals surface area contributed by atoms with Crippen LogP contribution in [0, 0.1) is 5.92 Å². The van der Waals surface area contributed by atoms with Crippen molar-refractivity contribution in [2.75, 3.05) is 26.7 Å². The maximum absolute atomic E-state index is 4.51. The molecule has 1 aliphatic heterocycles. The van der Waals surface area contributed by atoms with Crippen LogP contribution in [0.3, 0.4) is 0 Å². The standard InChI is InChI=1S/C14H26N4/c1-4-14-13(11-18(3)16-14)10-17(2)9-12-5-7-15-8-6-12/h11-12,15H,4-10H2,1-3H3. The van der Waals surface area contributed by atoms with Crippen molar-refractivity contribution in [2.24, 2.45) is 13.0 Å². The van der Waals surface area contributed by atoms with Crippen molar-refractivity contribution in [3.8, 4) is 0 Å². The molecule has 0 bridgehead atoms. The van der Waals surface area contributed by atoms with Gasteiger partial charge in [0.2, 0.25) is 0 Å². The molecule has 0 unspecified atom stereocenters. The van der Waals surface area contributed by atoms with Crippen molar-refractivity contribution in [2.45, 2.75) is 32.7 Å². The summed E-state index contributed by atoms with van der Waals surface area (Å²) in [4.78, 5) is 2.45. The third-order valence-electron chi connectivity index (χ3n) is 3.80. The Kier molecular flexibility index (Phi) is 4.78. The van der Waals surface area contributed by atoms with E-state index in [1.165, 1.54) is 43.7 Å². The van der Waals surface area contributed by atoms with Gasteiger partial charge in [0.15, 0.2) is 0 Å². The number of piperidine rings is 1. The summed E-state index contributed by atoms with van der Waals surface area (Å²) in [5.41, 5.74) is 2.63. The molecule has 18 heavy (non-hydrogen) atoms. The number of nitrogens with zero attached hydrogens (tertiary/aromatic N) is 3. The predicted octanol–water partition coefficient (Wildman–Crippen LogP) is 1.41. The van der Waals surface area contributed by atoms with Gasteiger partial charge in [-0.3, -0.25) is 4.68 Å². The van der Waals surface area contributed by atoms with E-state index in [0.717, 1.165) is 18.9 Å². The molecule has 1 aromatic rings. The minimum atomic E-state index is 0.859. The van der Waals surface area contributed by atoms with Crippen molar-refractivity contribution in [3.63, 3.8) is 0 Å². The van der Waals surface area contributed by atoms with Crippen LogP contribution in [0.25, 0.3) is 0 Å². The fourth-order valence-corrected chi connectivity index (χ4v) is 2.87. The first-order valence-corrected chi connectivity index (χ1v) is 7.09. The summed E-state index contributed by atoms with van der Waals surface area (Å²) < 4.78 is 1.94. The molecule has 0 aliphatic carbocycles. The molecule has 4 nitrogen and oxygen atoms in total. The average Bonchev–Trinajstić information content (AvgIpc) is 2.70. The third-order valence-corrected chi connectivity index (χ3v) is 3.80. The predicted molar refractivity (Wildman–Crippen MR) is 74.5 cm³/mol. The highest BCUT2D eigenvalue weighted by Crippen LogP contribution is 2.15. The highest BCUT2D eigenvalue weighted by Gasteiger charge is 2.16. The molecule has 0 spiro atoms. The molecular formula is C14H26N4. The van der Waals surface area contributed by atoms with Gasteiger partial charge in [-0.1, -0.05) is 6.92 Å². The highest BCUT2D eigenvalue weighted by atomic mass is 15.3. The van der Waals surface area contributed by atoms with E-state index in [2.05, 4.69) is 35.5 Å². The van der Waals surface area contributed by atoms with Crippen molar-refractivity contribution in [1.29, 1.82) is 0 Å². The maximum Gasteiger partial charge on any atom is 0.0666 e. The SMILES string of the molecule is CCc1nn(C)cc1CN(C)CC1CCNCC1. The molecule has 2 heterocycles. The molecule has 1 N–H and O–H groups in total. The van der Waals surface area contributed by atoms with Gasteiger partial charge in [-0.25, -0.2) is 0 Å². The van der Waals surface area contributed by atoms with Crippen LogP contribution in [0.1, 0.15) is 31.0 Å². The number of hydrogen-bond acceptors (Lipinski definition) is 3. The van der Waals surface area contributed by atoms with Crippen LogP contribution >= 0.6 is 0 Å². The zero-order valence-corrected chi connectivity index (χ0v) is 11.9. The van der Waals surface area contributed by atoms with E-state index >= 15 is 0 Å². The Hall–Kier alpha value is -0.870. The molecular weight excluding hydrogens is 224 g/mol. The molecule has 1 aromatic heterocycles. The lowest BCUT2D eigenvalue weighted by molar-refractivity contribution is 0.234. The monoisotopic (exact) mass is 250 g/mol. The van der Waals surface area contributed by atoms with Gasteiger partial charge in [0.25, 0.3) is 0 Å². The largest absolute Gasteiger partial charge is 0.317 e. The van der Waals surface area contributed by atoms with E-state index in [4.69, 9.17) is 0 Å². The number of aromatic nitrogens is 2. The normalized spacial score (nSPS) is 17.6. The molecule has 4 heteroatoms. The minimum Gasteiger partial charge on any atom is -0.317 e. The van der Waals surface area contributed by atoms with Gasteiger partial charge in [-0.2, -0.15) is 5.10 Å². The fraction of sp³-hybridized carbons (Fsp3) is 0.786. The summed E-state index contributed by atoms with van der Waals surface area (Å²) in [6.45, 7) is 6.79. The lowest BCUT2D eigenvalue weighted by atomic mass is 9.97. The third kappa shape index (κ3) is 3.56. The van der Waals surface area contributed by atoms with Crippen molar-refractivity contribution >= 4 is 0 Å². The summed E-state index contributed by atoms with van der Waals surface area (Å²) in [5.74, 6) is 0.859. The van der Waals surface area contributed by atoms with Crippen molar-refractivity contribution in [1.82, 2.24) is 20.0 Å². The second-order valence-electron chi connectivity index (χ2n) is 5.52. The van der Waals surface area contributed by atoms with E-state index < -0.39 is 0 Å². The van der Waals surface area contributed by atoms with Crippen molar-refractivity contribution < 1.29 is 0 Å². The summed E-state index contributed by atoms with van der Waals surface area (Å²) >= 11 is 0. The van der Waals surface area contributed by atoms with Crippen LogP contribution in [0.15, 0.2) is 6.20 Å². The zero-order valence-electron chi connectivity index (χ0n) is 11.9. The van der Waals surface area contributed by atoms with E-state index in [9.17, 15) is 0 Å². The average molecular weight is 250 g/mol. The van der Waals surface area contributed by atoms with Gasteiger partial charge in [0, 0.05) is 31.9 Å². The molecule has 0 saturated carbocycles. The Morgan fingerprint density at radius 3 is 2.83 bits per heavy atom. The minimum absolute atomic E-state index is 0.859. The van der Waals surface area contributed by atoms with Gasteiger partial charge in [0.1, 0.15) is 0 Å². The topological polar surface area (TPSA) is 33.1 Å². The smallest absolute Gasteiger partial charge is 0.0666 e. The van der Waals surface area contributed by atoms with Crippen LogP contribution in [-0.2, 0) is 20.0 Å². The molecule has 0 radical (unpaired) electrons. The first kappa shape index (κ1) is 13.6. The Morgan fingerprint density at radius 2 is 2.17 bits per heavy atom. The second kappa shape index (κ2) is 6.34. The quantitative estimate of drug-likeness (QED) is 0.858. The second-order valence-corrected chi connectivity index (χ2v) is 5.52. The molecule has 0 atom stereocenters. The first-order valence-electron chi connectivity index (χ1n) is 7.09. The zero-order chi connectivity index (χ0) is 13.0. The molecule has 1 aliphatic rings. The maximum atomic E-state index is 4.51. The summed E-state index contributed by atoms with van der Waals surface area (Å²) in [6.07, 6.45) is 5.82. The van der Waals surface area contributed by atoms with Gasteiger partial charge in [0.05, 0.1) is 5.69 Å². The van der Waals surface area contributed by atoms with E-state index in [-0.39, 0.29) is 0 Å². The van der Waals surface area contributed by atoms with E-state index in [1.807, 2.05) is 11.7 Å². The molecule has 102 valence electrons. The number of rotatable bonds is 5. The molecule has 1 saturated heterocycles. The molecule has 0 amide bonds. The Bertz CT molecular complexity index is 366. The van der Waals surface area contributed by atoms with Gasteiger partial charge < -0.3 is 10.2 Å². The summed E-state index contributed by atoms with van der Waals surface area (Å²) in [5, 5.41) is 7.94. The van der Waals surface area contributed by atoms with Crippen LogP contribution in [-0.4, -0.2) is 41.4 Å². The summed E-state index contributed by atoms with van der Waals surface area (Å²) in [6, 6.07) is 0. The first-order chi connectivity index (χ1) is 8.69. The van der Waals surface area contributed by atoms with E-state index in [1.54, 1.807) is 0 Å². The molecule has 2 rings (SSSR count).